The number of rotatable bonds is 7. The smallest absolute Gasteiger partial charge is 0.239 e. The van der Waals surface area contributed by atoms with E-state index in [1.807, 2.05) is 26.0 Å². The van der Waals surface area contributed by atoms with Crippen molar-refractivity contribution in [2.75, 3.05) is 17.6 Å². The summed E-state index contributed by atoms with van der Waals surface area (Å²) in [5.41, 5.74) is 4.87. The standard InChI is InChI=1S/C19H26BrN3O2S/c1-6-7-14-8-10-15(11-9-14)18-16(12-20)17(13(2)3)21-19(22-18)23(4)26(5,24)25/h8-11,13H,6-7,12H2,1-5H3. The van der Waals surface area contributed by atoms with Gasteiger partial charge in [-0.05, 0) is 17.9 Å². The van der Waals surface area contributed by atoms with Gasteiger partial charge in [-0.1, -0.05) is 67.4 Å². The maximum Gasteiger partial charge on any atom is 0.239 e. The van der Waals surface area contributed by atoms with Crippen molar-refractivity contribution in [3.63, 3.8) is 0 Å². The molecule has 26 heavy (non-hydrogen) atoms. The van der Waals surface area contributed by atoms with Gasteiger partial charge in [0.2, 0.25) is 16.0 Å². The minimum absolute atomic E-state index is 0.148. The molecule has 5 nitrogen and oxygen atoms in total. The predicted molar refractivity (Wildman–Crippen MR) is 111 cm³/mol. The maximum absolute atomic E-state index is 12.0. The highest BCUT2D eigenvalue weighted by Gasteiger charge is 2.22. The van der Waals surface area contributed by atoms with Crippen LogP contribution in [0.2, 0.25) is 0 Å². The van der Waals surface area contributed by atoms with E-state index >= 15 is 0 Å². The van der Waals surface area contributed by atoms with Crippen LogP contribution in [0.15, 0.2) is 24.3 Å². The molecule has 0 saturated carbocycles. The number of aromatic nitrogens is 2. The maximum atomic E-state index is 12.0. The van der Waals surface area contributed by atoms with E-state index in [9.17, 15) is 8.42 Å². The summed E-state index contributed by atoms with van der Waals surface area (Å²) in [6, 6.07) is 8.31. The Morgan fingerprint density at radius 1 is 1.15 bits per heavy atom. The summed E-state index contributed by atoms with van der Waals surface area (Å²) in [5, 5.41) is 0.607. The van der Waals surface area contributed by atoms with Crippen molar-refractivity contribution in [2.45, 2.75) is 44.9 Å². The van der Waals surface area contributed by atoms with Gasteiger partial charge in [-0.25, -0.2) is 22.7 Å². The van der Waals surface area contributed by atoms with Gasteiger partial charge in [0, 0.05) is 23.5 Å². The minimum Gasteiger partial charge on any atom is -0.241 e. The van der Waals surface area contributed by atoms with Crippen LogP contribution in [0.4, 0.5) is 5.95 Å². The highest BCUT2D eigenvalue weighted by Crippen LogP contribution is 2.32. The number of nitrogens with zero attached hydrogens (tertiary/aromatic N) is 3. The number of hydrogen-bond donors (Lipinski definition) is 0. The summed E-state index contributed by atoms with van der Waals surface area (Å²) in [4.78, 5) is 9.15. The Balaban J connectivity index is 2.67. The molecule has 0 spiro atoms. The van der Waals surface area contributed by atoms with Crippen LogP contribution in [-0.2, 0) is 21.8 Å². The third kappa shape index (κ3) is 4.62. The zero-order valence-corrected chi connectivity index (χ0v) is 18.4. The molecule has 0 amide bonds. The summed E-state index contributed by atoms with van der Waals surface area (Å²) in [5.74, 6) is 0.351. The van der Waals surface area contributed by atoms with E-state index in [4.69, 9.17) is 0 Å². The first-order valence-electron chi connectivity index (χ1n) is 8.69. The zero-order chi connectivity index (χ0) is 19.5. The molecule has 0 N–H and O–H groups in total. The van der Waals surface area contributed by atoms with Gasteiger partial charge in [0.15, 0.2) is 0 Å². The van der Waals surface area contributed by atoms with Crippen LogP contribution in [0.1, 0.15) is 49.9 Å². The third-order valence-corrected chi connectivity index (χ3v) is 5.97. The van der Waals surface area contributed by atoms with Gasteiger partial charge < -0.3 is 0 Å². The molecule has 0 unspecified atom stereocenters. The Morgan fingerprint density at radius 3 is 2.23 bits per heavy atom. The van der Waals surface area contributed by atoms with Gasteiger partial charge in [-0.3, -0.25) is 0 Å². The average molecular weight is 440 g/mol. The van der Waals surface area contributed by atoms with E-state index < -0.39 is 10.0 Å². The zero-order valence-electron chi connectivity index (χ0n) is 16.0. The Morgan fingerprint density at radius 2 is 1.77 bits per heavy atom. The first-order chi connectivity index (χ1) is 12.2. The fourth-order valence-corrected chi connectivity index (χ4v) is 3.68. The fourth-order valence-electron chi connectivity index (χ4n) is 2.74. The van der Waals surface area contributed by atoms with E-state index in [0.29, 0.717) is 5.33 Å². The highest BCUT2D eigenvalue weighted by molar-refractivity contribution is 9.08. The van der Waals surface area contributed by atoms with Gasteiger partial charge in [-0.15, -0.1) is 0 Å². The molecule has 1 aromatic heterocycles. The molecule has 1 heterocycles. The van der Waals surface area contributed by atoms with Crippen LogP contribution in [0.3, 0.4) is 0 Å². The first-order valence-corrected chi connectivity index (χ1v) is 11.7. The monoisotopic (exact) mass is 439 g/mol. The second kappa shape index (κ2) is 8.48. The van der Waals surface area contributed by atoms with Crippen LogP contribution < -0.4 is 4.31 Å². The molecule has 7 heteroatoms. The van der Waals surface area contributed by atoms with Gasteiger partial charge in [-0.2, -0.15) is 0 Å². The largest absolute Gasteiger partial charge is 0.241 e. The number of halogens is 1. The molecule has 0 bridgehead atoms. The van der Waals surface area contributed by atoms with Crippen molar-refractivity contribution < 1.29 is 8.42 Å². The fraction of sp³-hybridized carbons (Fsp3) is 0.474. The van der Waals surface area contributed by atoms with Gasteiger partial charge in [0.1, 0.15) is 0 Å². The van der Waals surface area contributed by atoms with Crippen LogP contribution in [-0.4, -0.2) is 31.7 Å². The van der Waals surface area contributed by atoms with Gasteiger partial charge >= 0.3 is 0 Å². The van der Waals surface area contributed by atoms with Crippen LogP contribution in [0, 0.1) is 0 Å². The molecule has 142 valence electrons. The molecule has 1 aromatic carbocycles. The van der Waals surface area contributed by atoms with E-state index in [0.717, 1.165) is 45.9 Å². The lowest BCUT2D eigenvalue weighted by molar-refractivity contribution is 0.599. The number of benzene rings is 1. The lowest BCUT2D eigenvalue weighted by Gasteiger charge is -2.20. The van der Waals surface area contributed by atoms with Crippen molar-refractivity contribution in [3.05, 3.63) is 41.1 Å². The Hall–Kier alpha value is -1.47. The molecule has 0 radical (unpaired) electrons. The van der Waals surface area contributed by atoms with Crippen LogP contribution in [0.5, 0.6) is 0 Å². The SMILES string of the molecule is CCCc1ccc(-c2nc(N(C)S(C)(=O)=O)nc(C(C)C)c2CBr)cc1. The lowest BCUT2D eigenvalue weighted by atomic mass is 9.98. The molecule has 0 saturated heterocycles. The Labute approximate surface area is 165 Å². The molecule has 0 atom stereocenters. The minimum atomic E-state index is -3.43. The summed E-state index contributed by atoms with van der Waals surface area (Å²) < 4.78 is 25.1. The van der Waals surface area contributed by atoms with E-state index in [1.54, 1.807) is 0 Å². The molecule has 0 aliphatic rings. The summed E-state index contributed by atoms with van der Waals surface area (Å²) in [6.45, 7) is 6.25. The van der Waals surface area contributed by atoms with Crippen molar-refractivity contribution in [2.24, 2.45) is 0 Å². The van der Waals surface area contributed by atoms with Gasteiger partial charge in [0.05, 0.1) is 17.6 Å². The third-order valence-electron chi connectivity index (χ3n) is 4.25. The molecule has 0 fully saturated rings. The molecule has 2 aromatic rings. The van der Waals surface area contributed by atoms with Gasteiger partial charge in [0.25, 0.3) is 0 Å². The van der Waals surface area contributed by atoms with E-state index in [-0.39, 0.29) is 11.9 Å². The summed E-state index contributed by atoms with van der Waals surface area (Å²) in [7, 11) is -1.95. The second-order valence-electron chi connectivity index (χ2n) is 6.70. The van der Waals surface area contributed by atoms with Crippen molar-refractivity contribution in [1.29, 1.82) is 0 Å². The van der Waals surface area contributed by atoms with Crippen molar-refractivity contribution in [1.82, 2.24) is 9.97 Å². The highest BCUT2D eigenvalue weighted by atomic mass is 79.9. The normalized spacial score (nSPS) is 11.8. The number of sulfonamides is 1. The quantitative estimate of drug-likeness (QED) is 0.595. The predicted octanol–water partition coefficient (Wildman–Crippen LogP) is 4.51. The molecular formula is C19H26BrN3O2S. The first kappa shape index (κ1) is 20.8. The van der Waals surface area contributed by atoms with Crippen LogP contribution in [0.25, 0.3) is 11.3 Å². The number of aryl methyl sites for hydroxylation is 1. The van der Waals surface area contributed by atoms with Crippen molar-refractivity contribution in [3.8, 4) is 11.3 Å². The number of hydrogen-bond acceptors (Lipinski definition) is 4. The molecule has 2 rings (SSSR count). The van der Waals surface area contributed by atoms with Crippen LogP contribution >= 0.6 is 15.9 Å². The van der Waals surface area contributed by atoms with E-state index in [1.165, 1.54) is 12.6 Å². The average Bonchev–Trinajstić information content (AvgIpc) is 2.60. The Bertz CT molecular complexity index is 865. The summed E-state index contributed by atoms with van der Waals surface area (Å²) in [6.07, 6.45) is 3.29. The topological polar surface area (TPSA) is 63.2 Å². The Kier molecular flexibility index (Phi) is 6.80. The molecule has 0 aliphatic carbocycles. The van der Waals surface area contributed by atoms with E-state index in [2.05, 4.69) is 45.0 Å². The van der Waals surface area contributed by atoms with Crippen molar-refractivity contribution >= 4 is 31.9 Å². The molecule has 0 aliphatic heterocycles. The second-order valence-corrected chi connectivity index (χ2v) is 9.28. The number of anilines is 1. The number of alkyl halides is 1. The summed E-state index contributed by atoms with van der Waals surface area (Å²) >= 11 is 3.55. The lowest BCUT2D eigenvalue weighted by Crippen LogP contribution is -2.27. The molecular weight excluding hydrogens is 414 g/mol.